The summed E-state index contributed by atoms with van der Waals surface area (Å²) in [5.74, 6) is 0.761. The summed E-state index contributed by atoms with van der Waals surface area (Å²) in [7, 11) is -3.50. The Morgan fingerprint density at radius 1 is 1.30 bits per heavy atom. The van der Waals surface area contributed by atoms with E-state index in [0.29, 0.717) is 17.4 Å². The van der Waals surface area contributed by atoms with E-state index in [4.69, 9.17) is 9.15 Å². The number of furan rings is 1. The van der Waals surface area contributed by atoms with Gasteiger partial charge in [0.05, 0.1) is 25.5 Å². The van der Waals surface area contributed by atoms with E-state index in [1.54, 1.807) is 12.3 Å². The van der Waals surface area contributed by atoms with Crippen LogP contribution in [0, 0.1) is 6.92 Å². The molecule has 1 saturated heterocycles. The lowest BCUT2D eigenvalue weighted by Gasteiger charge is -2.33. The fourth-order valence-corrected chi connectivity index (χ4v) is 4.96. The maximum Gasteiger partial charge on any atom is 0.250 e. The Labute approximate surface area is 140 Å². The molecule has 2 aromatic heterocycles. The Hall–Kier alpha value is -1.19. The Bertz CT molecular complexity index is 719. The van der Waals surface area contributed by atoms with Crippen LogP contribution in [-0.2, 0) is 14.8 Å². The maximum absolute atomic E-state index is 12.4. The first kappa shape index (κ1) is 16.7. The summed E-state index contributed by atoms with van der Waals surface area (Å²) < 4.78 is 38.8. The number of sulfonamides is 1. The maximum atomic E-state index is 12.4. The fourth-order valence-electron chi connectivity index (χ4n) is 2.60. The van der Waals surface area contributed by atoms with Crippen LogP contribution in [0.3, 0.4) is 0 Å². The first-order chi connectivity index (χ1) is 11.1. The summed E-state index contributed by atoms with van der Waals surface area (Å²) in [4.78, 5) is 3.16. The molecule has 0 aromatic carbocycles. The van der Waals surface area contributed by atoms with Crippen LogP contribution in [0.15, 0.2) is 39.2 Å². The van der Waals surface area contributed by atoms with Crippen molar-refractivity contribution in [3.63, 3.8) is 0 Å². The van der Waals surface area contributed by atoms with E-state index >= 15 is 0 Å². The van der Waals surface area contributed by atoms with Gasteiger partial charge < -0.3 is 9.15 Å². The highest BCUT2D eigenvalue weighted by Gasteiger charge is 2.27. The van der Waals surface area contributed by atoms with E-state index in [-0.39, 0.29) is 12.6 Å². The molecule has 1 aliphatic heterocycles. The van der Waals surface area contributed by atoms with Gasteiger partial charge in [0.1, 0.15) is 9.97 Å². The minimum atomic E-state index is -3.50. The second-order valence-corrected chi connectivity index (χ2v) is 8.68. The van der Waals surface area contributed by atoms with Crippen LogP contribution in [0.25, 0.3) is 0 Å². The van der Waals surface area contributed by atoms with Crippen LogP contribution in [-0.4, -0.2) is 46.2 Å². The topological polar surface area (TPSA) is 71.8 Å². The van der Waals surface area contributed by atoms with E-state index in [1.165, 1.54) is 11.3 Å². The average molecular weight is 356 g/mol. The van der Waals surface area contributed by atoms with Crippen LogP contribution in [0.2, 0.25) is 0 Å². The molecule has 8 heteroatoms. The zero-order valence-electron chi connectivity index (χ0n) is 12.9. The van der Waals surface area contributed by atoms with Crippen molar-refractivity contribution in [2.45, 2.75) is 17.2 Å². The van der Waals surface area contributed by atoms with Crippen molar-refractivity contribution >= 4 is 21.4 Å². The minimum absolute atomic E-state index is 0.135. The Kier molecular flexibility index (Phi) is 5.17. The van der Waals surface area contributed by atoms with Gasteiger partial charge in [-0.2, -0.15) is 0 Å². The summed E-state index contributed by atoms with van der Waals surface area (Å²) in [5, 5.41) is 0. The predicted octanol–water partition coefficient (Wildman–Crippen LogP) is 2.00. The Morgan fingerprint density at radius 2 is 2.09 bits per heavy atom. The lowest BCUT2D eigenvalue weighted by atomic mass is 10.2. The van der Waals surface area contributed by atoms with Gasteiger partial charge in [0.25, 0.3) is 0 Å². The molecule has 3 rings (SSSR count). The number of aryl methyl sites for hydroxylation is 1. The standard InChI is InChI=1S/C15H20N2O4S2/c1-12-4-5-15(22-12)23(18,19)16-11-13(14-3-2-8-21-14)17-6-9-20-10-7-17/h2-5,8,13,16H,6-7,9-11H2,1H3. The van der Waals surface area contributed by atoms with E-state index in [0.717, 1.165) is 23.7 Å². The number of nitrogens with one attached hydrogen (secondary N) is 1. The first-order valence-electron chi connectivity index (χ1n) is 7.47. The fraction of sp³-hybridized carbons (Fsp3) is 0.467. The van der Waals surface area contributed by atoms with E-state index < -0.39 is 10.0 Å². The van der Waals surface area contributed by atoms with E-state index in [1.807, 2.05) is 25.1 Å². The second kappa shape index (κ2) is 7.14. The Morgan fingerprint density at radius 3 is 2.70 bits per heavy atom. The van der Waals surface area contributed by atoms with Gasteiger partial charge in [-0.25, -0.2) is 13.1 Å². The zero-order valence-corrected chi connectivity index (χ0v) is 14.5. The molecule has 2 aromatic rings. The van der Waals surface area contributed by atoms with Crippen molar-refractivity contribution < 1.29 is 17.6 Å². The summed E-state index contributed by atoms with van der Waals surface area (Å²) in [6.07, 6.45) is 1.61. The van der Waals surface area contributed by atoms with Gasteiger partial charge in [-0.3, -0.25) is 4.90 Å². The van der Waals surface area contributed by atoms with Crippen molar-refractivity contribution in [3.05, 3.63) is 41.2 Å². The number of thiophene rings is 1. The highest BCUT2D eigenvalue weighted by Crippen LogP contribution is 2.24. The molecule has 1 aliphatic rings. The molecular weight excluding hydrogens is 336 g/mol. The number of hydrogen-bond acceptors (Lipinski definition) is 6. The highest BCUT2D eigenvalue weighted by atomic mass is 32.2. The SMILES string of the molecule is Cc1ccc(S(=O)(=O)NCC(c2ccco2)N2CCOCC2)s1. The van der Waals surface area contributed by atoms with Gasteiger partial charge in [0, 0.05) is 24.5 Å². The smallest absolute Gasteiger partial charge is 0.250 e. The van der Waals surface area contributed by atoms with Crippen molar-refractivity contribution in [3.8, 4) is 0 Å². The second-order valence-electron chi connectivity index (χ2n) is 5.40. The van der Waals surface area contributed by atoms with Gasteiger partial charge in [0.15, 0.2) is 0 Å². The summed E-state index contributed by atoms with van der Waals surface area (Å²) in [5.41, 5.74) is 0. The normalized spacial score (nSPS) is 18.1. The molecule has 0 aliphatic carbocycles. The number of nitrogens with zero attached hydrogens (tertiary/aromatic N) is 1. The molecule has 6 nitrogen and oxygen atoms in total. The summed E-state index contributed by atoms with van der Waals surface area (Å²) >= 11 is 1.27. The van der Waals surface area contributed by atoms with Crippen LogP contribution < -0.4 is 4.72 Å². The quantitative estimate of drug-likeness (QED) is 0.857. The van der Waals surface area contributed by atoms with Gasteiger partial charge >= 0.3 is 0 Å². The molecule has 126 valence electrons. The minimum Gasteiger partial charge on any atom is -0.468 e. The predicted molar refractivity (Wildman–Crippen MR) is 88.1 cm³/mol. The van der Waals surface area contributed by atoms with Gasteiger partial charge in [-0.1, -0.05) is 0 Å². The van der Waals surface area contributed by atoms with Gasteiger partial charge in [-0.05, 0) is 31.2 Å². The zero-order chi connectivity index (χ0) is 16.3. The van der Waals surface area contributed by atoms with Gasteiger partial charge in [0.2, 0.25) is 10.0 Å². The van der Waals surface area contributed by atoms with Crippen LogP contribution >= 0.6 is 11.3 Å². The summed E-state index contributed by atoms with van der Waals surface area (Å²) in [6, 6.07) is 7.01. The third-order valence-electron chi connectivity index (χ3n) is 3.81. The lowest BCUT2D eigenvalue weighted by molar-refractivity contribution is 0.0128. The Balaban J connectivity index is 1.73. The molecule has 0 radical (unpaired) electrons. The van der Waals surface area contributed by atoms with Crippen LogP contribution in [0.4, 0.5) is 0 Å². The molecular formula is C15H20N2O4S2. The molecule has 1 unspecified atom stereocenters. The monoisotopic (exact) mass is 356 g/mol. The average Bonchev–Trinajstić information content (AvgIpc) is 3.20. The van der Waals surface area contributed by atoms with Gasteiger partial charge in [-0.15, -0.1) is 11.3 Å². The molecule has 1 N–H and O–H groups in total. The number of rotatable bonds is 6. The molecule has 0 amide bonds. The molecule has 0 bridgehead atoms. The number of morpholine rings is 1. The van der Waals surface area contributed by atoms with E-state index in [2.05, 4.69) is 9.62 Å². The molecule has 3 heterocycles. The van der Waals surface area contributed by atoms with Crippen molar-refractivity contribution in [1.82, 2.24) is 9.62 Å². The molecule has 1 atom stereocenters. The van der Waals surface area contributed by atoms with Crippen molar-refractivity contribution in [1.29, 1.82) is 0 Å². The summed E-state index contributed by atoms with van der Waals surface area (Å²) in [6.45, 7) is 4.97. The molecule has 0 saturated carbocycles. The molecule has 1 fully saturated rings. The third-order valence-corrected chi connectivity index (χ3v) is 6.72. The molecule has 23 heavy (non-hydrogen) atoms. The molecule has 0 spiro atoms. The first-order valence-corrected chi connectivity index (χ1v) is 9.77. The highest BCUT2D eigenvalue weighted by molar-refractivity contribution is 7.91. The van der Waals surface area contributed by atoms with Crippen molar-refractivity contribution in [2.75, 3.05) is 32.8 Å². The lowest BCUT2D eigenvalue weighted by Crippen LogP contribution is -2.43. The largest absolute Gasteiger partial charge is 0.468 e. The number of hydrogen-bond donors (Lipinski definition) is 1. The third kappa shape index (κ3) is 4.02. The van der Waals surface area contributed by atoms with Crippen molar-refractivity contribution in [2.24, 2.45) is 0 Å². The number of ether oxygens (including phenoxy) is 1. The van der Waals surface area contributed by atoms with Crippen LogP contribution in [0.5, 0.6) is 0 Å². The van der Waals surface area contributed by atoms with E-state index in [9.17, 15) is 8.42 Å². The van der Waals surface area contributed by atoms with Crippen LogP contribution in [0.1, 0.15) is 16.7 Å².